The van der Waals surface area contributed by atoms with Crippen molar-refractivity contribution in [3.63, 3.8) is 0 Å². The summed E-state index contributed by atoms with van der Waals surface area (Å²) in [7, 11) is 0. The molecule has 2 rings (SSSR count). The smallest absolute Gasteiger partial charge is 0.249 e. The molecule has 4 heteroatoms. The molecule has 1 saturated heterocycles. The fraction of sp³-hybridized carbons (Fsp3) is 0.562. The van der Waals surface area contributed by atoms with Crippen LogP contribution in [0.4, 0.5) is 5.69 Å². The normalized spacial score (nSPS) is 17.7. The Labute approximate surface area is 120 Å². The number of nitrogens with two attached hydrogens (primary N) is 1. The summed E-state index contributed by atoms with van der Waals surface area (Å²) in [6.45, 7) is 5.84. The number of anilines is 1. The molecule has 1 amide bonds. The van der Waals surface area contributed by atoms with Gasteiger partial charge in [-0.15, -0.1) is 0 Å². The topological polar surface area (TPSA) is 64.3 Å². The minimum Gasteiger partial charge on any atom is -0.383 e. The van der Waals surface area contributed by atoms with Gasteiger partial charge in [0.15, 0.2) is 0 Å². The van der Waals surface area contributed by atoms with Crippen molar-refractivity contribution in [1.82, 2.24) is 0 Å². The molecule has 4 nitrogen and oxygen atoms in total. The summed E-state index contributed by atoms with van der Waals surface area (Å²) in [4.78, 5) is 11.4. The number of ether oxygens (including phenoxy) is 1. The SMILES string of the molecule is Cc1ccc(NC(C)CC2CCOCC2)cc1C(N)=O. The van der Waals surface area contributed by atoms with Crippen LogP contribution in [0, 0.1) is 12.8 Å². The summed E-state index contributed by atoms with van der Waals surface area (Å²) < 4.78 is 5.38. The van der Waals surface area contributed by atoms with Crippen molar-refractivity contribution in [3.05, 3.63) is 29.3 Å². The number of primary amides is 1. The second-order valence-corrected chi connectivity index (χ2v) is 5.73. The van der Waals surface area contributed by atoms with Gasteiger partial charge in [-0.3, -0.25) is 4.79 Å². The highest BCUT2D eigenvalue weighted by molar-refractivity contribution is 5.95. The molecule has 0 saturated carbocycles. The van der Waals surface area contributed by atoms with E-state index >= 15 is 0 Å². The highest BCUT2D eigenvalue weighted by atomic mass is 16.5. The third-order valence-corrected chi connectivity index (χ3v) is 3.94. The number of rotatable bonds is 5. The van der Waals surface area contributed by atoms with Crippen LogP contribution < -0.4 is 11.1 Å². The van der Waals surface area contributed by atoms with Gasteiger partial charge in [-0.05, 0) is 56.7 Å². The maximum Gasteiger partial charge on any atom is 0.249 e. The lowest BCUT2D eigenvalue weighted by atomic mass is 9.93. The zero-order chi connectivity index (χ0) is 14.5. The van der Waals surface area contributed by atoms with Crippen LogP contribution in [0.25, 0.3) is 0 Å². The Morgan fingerprint density at radius 3 is 2.80 bits per heavy atom. The Bertz CT molecular complexity index is 468. The molecule has 110 valence electrons. The summed E-state index contributed by atoms with van der Waals surface area (Å²) in [5.41, 5.74) is 7.85. The van der Waals surface area contributed by atoms with Crippen molar-refractivity contribution in [2.24, 2.45) is 11.7 Å². The third kappa shape index (κ3) is 3.97. The molecular weight excluding hydrogens is 252 g/mol. The highest BCUT2D eigenvalue weighted by Crippen LogP contribution is 2.22. The van der Waals surface area contributed by atoms with Crippen molar-refractivity contribution in [1.29, 1.82) is 0 Å². The van der Waals surface area contributed by atoms with Gasteiger partial charge in [0.25, 0.3) is 0 Å². The minimum absolute atomic E-state index is 0.372. The molecule has 0 aliphatic carbocycles. The molecule has 1 heterocycles. The van der Waals surface area contributed by atoms with Crippen molar-refractivity contribution in [2.75, 3.05) is 18.5 Å². The first-order valence-electron chi connectivity index (χ1n) is 7.31. The van der Waals surface area contributed by atoms with Crippen LogP contribution in [0.3, 0.4) is 0 Å². The Morgan fingerprint density at radius 2 is 2.15 bits per heavy atom. The summed E-state index contributed by atoms with van der Waals surface area (Å²) in [6, 6.07) is 6.16. The number of hydrogen-bond donors (Lipinski definition) is 2. The zero-order valence-electron chi connectivity index (χ0n) is 12.3. The van der Waals surface area contributed by atoms with Crippen molar-refractivity contribution >= 4 is 11.6 Å². The van der Waals surface area contributed by atoms with E-state index in [1.807, 2.05) is 25.1 Å². The Morgan fingerprint density at radius 1 is 1.45 bits per heavy atom. The van der Waals surface area contributed by atoms with Gasteiger partial charge < -0.3 is 15.8 Å². The van der Waals surface area contributed by atoms with Gasteiger partial charge >= 0.3 is 0 Å². The minimum atomic E-state index is -0.372. The molecule has 3 N–H and O–H groups in total. The lowest BCUT2D eigenvalue weighted by Crippen LogP contribution is -2.24. The molecule has 20 heavy (non-hydrogen) atoms. The number of aryl methyl sites for hydroxylation is 1. The average Bonchev–Trinajstić information content (AvgIpc) is 2.41. The second kappa shape index (κ2) is 6.75. The van der Waals surface area contributed by atoms with Crippen LogP contribution in [-0.4, -0.2) is 25.2 Å². The Kier molecular flexibility index (Phi) is 5.01. The van der Waals surface area contributed by atoms with E-state index < -0.39 is 0 Å². The highest BCUT2D eigenvalue weighted by Gasteiger charge is 2.17. The van der Waals surface area contributed by atoms with Gasteiger partial charge in [0.05, 0.1) is 0 Å². The quantitative estimate of drug-likeness (QED) is 0.869. The first-order valence-corrected chi connectivity index (χ1v) is 7.31. The number of amides is 1. The molecule has 1 unspecified atom stereocenters. The summed E-state index contributed by atoms with van der Waals surface area (Å²) in [5, 5.41) is 3.46. The van der Waals surface area contributed by atoms with Crippen LogP contribution in [-0.2, 0) is 4.74 Å². The summed E-state index contributed by atoms with van der Waals surface area (Å²) in [6.07, 6.45) is 3.42. The van der Waals surface area contributed by atoms with Gasteiger partial charge in [-0.1, -0.05) is 6.07 Å². The summed E-state index contributed by atoms with van der Waals surface area (Å²) >= 11 is 0. The molecule has 1 fully saturated rings. The molecule has 1 atom stereocenters. The number of benzene rings is 1. The van der Waals surface area contributed by atoms with Crippen LogP contribution in [0.1, 0.15) is 42.1 Å². The molecule has 1 aliphatic heterocycles. The lowest BCUT2D eigenvalue weighted by Gasteiger charge is -2.26. The number of carbonyl (C=O) groups is 1. The Hall–Kier alpha value is -1.55. The van der Waals surface area contributed by atoms with Gasteiger partial charge in [-0.2, -0.15) is 0 Å². The van der Waals surface area contributed by atoms with E-state index in [4.69, 9.17) is 10.5 Å². The molecule has 0 radical (unpaired) electrons. The largest absolute Gasteiger partial charge is 0.383 e. The lowest BCUT2D eigenvalue weighted by molar-refractivity contribution is 0.0629. The van der Waals surface area contributed by atoms with Crippen LogP contribution in [0.5, 0.6) is 0 Å². The van der Waals surface area contributed by atoms with Gasteiger partial charge in [0, 0.05) is 30.5 Å². The molecule has 0 spiro atoms. The Balaban J connectivity index is 1.95. The molecular formula is C16H24N2O2. The van der Waals surface area contributed by atoms with E-state index in [0.29, 0.717) is 11.6 Å². The average molecular weight is 276 g/mol. The van der Waals surface area contributed by atoms with Crippen molar-refractivity contribution < 1.29 is 9.53 Å². The van der Waals surface area contributed by atoms with Crippen LogP contribution >= 0.6 is 0 Å². The van der Waals surface area contributed by atoms with E-state index in [0.717, 1.165) is 49.6 Å². The molecule has 1 aromatic rings. The van der Waals surface area contributed by atoms with Gasteiger partial charge in [-0.25, -0.2) is 0 Å². The summed E-state index contributed by atoms with van der Waals surface area (Å²) in [5.74, 6) is 0.357. The number of nitrogens with one attached hydrogen (secondary N) is 1. The first kappa shape index (κ1) is 14.9. The van der Waals surface area contributed by atoms with E-state index in [2.05, 4.69) is 12.2 Å². The van der Waals surface area contributed by atoms with Gasteiger partial charge in [0.1, 0.15) is 0 Å². The molecule has 0 bridgehead atoms. The number of hydrogen-bond acceptors (Lipinski definition) is 3. The predicted molar refractivity (Wildman–Crippen MR) is 80.9 cm³/mol. The van der Waals surface area contributed by atoms with E-state index in [1.165, 1.54) is 0 Å². The van der Waals surface area contributed by atoms with Crippen molar-refractivity contribution in [3.8, 4) is 0 Å². The molecule has 0 aromatic heterocycles. The first-order chi connectivity index (χ1) is 9.56. The monoisotopic (exact) mass is 276 g/mol. The predicted octanol–water partition coefficient (Wildman–Crippen LogP) is 2.71. The fourth-order valence-electron chi connectivity index (χ4n) is 2.80. The third-order valence-electron chi connectivity index (χ3n) is 3.94. The molecule has 1 aromatic carbocycles. The van der Waals surface area contributed by atoms with Crippen molar-refractivity contribution in [2.45, 2.75) is 39.2 Å². The van der Waals surface area contributed by atoms with E-state index in [-0.39, 0.29) is 5.91 Å². The zero-order valence-corrected chi connectivity index (χ0v) is 12.3. The molecule has 1 aliphatic rings. The van der Waals surface area contributed by atoms with E-state index in [1.54, 1.807) is 0 Å². The standard InChI is InChI=1S/C16H24N2O2/c1-11-3-4-14(10-15(11)16(17)19)18-12(2)9-13-5-7-20-8-6-13/h3-4,10,12-13,18H,5-9H2,1-2H3,(H2,17,19). The van der Waals surface area contributed by atoms with Gasteiger partial charge in [0.2, 0.25) is 5.91 Å². The maximum atomic E-state index is 11.4. The van der Waals surface area contributed by atoms with Crippen LogP contribution in [0.2, 0.25) is 0 Å². The number of carbonyl (C=O) groups excluding carboxylic acids is 1. The fourth-order valence-corrected chi connectivity index (χ4v) is 2.80. The second-order valence-electron chi connectivity index (χ2n) is 5.73. The maximum absolute atomic E-state index is 11.4. The van der Waals surface area contributed by atoms with E-state index in [9.17, 15) is 4.79 Å². The van der Waals surface area contributed by atoms with Crippen LogP contribution in [0.15, 0.2) is 18.2 Å².